The third-order valence-corrected chi connectivity index (χ3v) is 4.37. The first-order valence-corrected chi connectivity index (χ1v) is 10.2. The monoisotopic (exact) mass is 333 g/mol. The Morgan fingerprint density at radius 1 is 0.875 bits per heavy atom. The van der Waals surface area contributed by atoms with E-state index in [1.807, 2.05) is 0 Å². The summed E-state index contributed by atoms with van der Waals surface area (Å²) >= 11 is 0. The zero-order valence-electron chi connectivity index (χ0n) is 16.4. The molecule has 24 heavy (non-hydrogen) atoms. The van der Waals surface area contributed by atoms with Gasteiger partial charge in [0.2, 0.25) is 0 Å². The van der Waals surface area contributed by atoms with E-state index in [9.17, 15) is 0 Å². The van der Waals surface area contributed by atoms with Gasteiger partial charge in [0.05, 0.1) is 5.54 Å². The van der Waals surface area contributed by atoms with Crippen molar-refractivity contribution in [1.29, 1.82) is 0 Å². The normalized spacial score (nSPS) is 16.9. The number of nitrogens with zero attached hydrogens (tertiary/aromatic N) is 1. The highest BCUT2D eigenvalue weighted by Crippen LogP contribution is 2.20. The molecule has 1 aliphatic heterocycles. The number of hydrogen-bond donors (Lipinski definition) is 0. The van der Waals surface area contributed by atoms with Gasteiger partial charge in [-0.25, -0.2) is 4.99 Å². The molecule has 0 amide bonds. The Balaban J connectivity index is 1.81. The molecule has 2 nitrogen and oxygen atoms in total. The van der Waals surface area contributed by atoms with Crippen molar-refractivity contribution in [3.8, 4) is 0 Å². The molecular weight excluding hydrogens is 294 g/mol. The molecule has 0 aromatic rings. The Morgan fingerprint density at radius 2 is 1.46 bits per heavy atom. The van der Waals surface area contributed by atoms with E-state index in [0.29, 0.717) is 0 Å². The maximum absolute atomic E-state index is 5.63. The predicted octanol–water partition coefficient (Wildman–Crippen LogP) is 7.01. The molecule has 1 heterocycles. The maximum atomic E-state index is 5.63. The molecule has 0 unspecified atom stereocenters. The average molecular weight is 334 g/mol. The third kappa shape index (κ3) is 11.5. The Hall–Kier alpha value is -1.05. The van der Waals surface area contributed by atoms with E-state index in [2.05, 4.69) is 50.1 Å². The van der Waals surface area contributed by atoms with Crippen LogP contribution in [0.2, 0.25) is 0 Å². The molecule has 0 saturated carbocycles. The quantitative estimate of drug-likeness (QED) is 0.247. The summed E-state index contributed by atoms with van der Waals surface area (Å²) in [4.78, 5) is 4.61. The van der Waals surface area contributed by atoms with Gasteiger partial charge < -0.3 is 4.74 Å². The van der Waals surface area contributed by atoms with Crippen LogP contribution in [0.3, 0.4) is 0 Å². The van der Waals surface area contributed by atoms with Crippen molar-refractivity contribution in [2.75, 3.05) is 6.61 Å². The minimum atomic E-state index is 0.0102. The molecular formula is C22H39NO. The van der Waals surface area contributed by atoms with Crippen LogP contribution >= 0.6 is 0 Å². The number of hydrogen-bond acceptors (Lipinski definition) is 2. The maximum Gasteiger partial charge on any atom is 0.183 e. The van der Waals surface area contributed by atoms with Crippen molar-refractivity contribution in [3.63, 3.8) is 0 Å². The Morgan fingerprint density at radius 3 is 2.04 bits per heavy atom. The second-order valence-corrected chi connectivity index (χ2v) is 7.62. The van der Waals surface area contributed by atoms with Crippen LogP contribution in [-0.2, 0) is 4.74 Å². The van der Waals surface area contributed by atoms with E-state index in [4.69, 9.17) is 4.74 Å². The second kappa shape index (κ2) is 13.3. The topological polar surface area (TPSA) is 21.6 Å². The molecule has 0 N–H and O–H groups in total. The van der Waals surface area contributed by atoms with Crippen LogP contribution in [-0.4, -0.2) is 18.0 Å². The number of allylic oxidation sites excluding steroid dienone is 4. The van der Waals surface area contributed by atoms with E-state index in [0.717, 1.165) is 18.9 Å². The van der Waals surface area contributed by atoms with E-state index < -0.39 is 0 Å². The van der Waals surface area contributed by atoms with Gasteiger partial charge in [-0.1, -0.05) is 76.2 Å². The van der Waals surface area contributed by atoms with Gasteiger partial charge >= 0.3 is 0 Å². The first kappa shape index (κ1) is 21.0. The lowest BCUT2D eigenvalue weighted by atomic mass is 10.1. The lowest BCUT2D eigenvalue weighted by Crippen LogP contribution is -2.17. The zero-order valence-corrected chi connectivity index (χ0v) is 16.4. The van der Waals surface area contributed by atoms with E-state index in [1.54, 1.807) is 0 Å². The molecule has 0 radical (unpaired) electrons. The summed E-state index contributed by atoms with van der Waals surface area (Å²) in [7, 11) is 0. The third-order valence-electron chi connectivity index (χ3n) is 4.37. The summed E-state index contributed by atoms with van der Waals surface area (Å²) in [6.07, 6.45) is 24.4. The molecule has 2 heteroatoms. The van der Waals surface area contributed by atoms with E-state index in [-0.39, 0.29) is 5.54 Å². The van der Waals surface area contributed by atoms with Crippen LogP contribution in [0.1, 0.15) is 97.8 Å². The molecule has 0 aromatic carbocycles. The fraction of sp³-hybridized carbons (Fsp3) is 0.773. The predicted molar refractivity (Wildman–Crippen MR) is 107 cm³/mol. The lowest BCUT2D eigenvalue weighted by molar-refractivity contribution is 0.273. The van der Waals surface area contributed by atoms with Crippen LogP contribution in [0.5, 0.6) is 0 Å². The van der Waals surface area contributed by atoms with Gasteiger partial charge in [0, 0.05) is 6.42 Å². The summed E-state index contributed by atoms with van der Waals surface area (Å²) in [6, 6.07) is 0. The highest BCUT2D eigenvalue weighted by Gasteiger charge is 2.25. The van der Waals surface area contributed by atoms with Gasteiger partial charge in [0.25, 0.3) is 0 Å². The summed E-state index contributed by atoms with van der Waals surface area (Å²) in [5.74, 6) is 0.984. The number of ether oxygens (including phenoxy) is 1. The molecule has 0 atom stereocenters. The van der Waals surface area contributed by atoms with Crippen LogP contribution in [0.4, 0.5) is 0 Å². The fourth-order valence-corrected chi connectivity index (χ4v) is 2.91. The smallest absolute Gasteiger partial charge is 0.183 e. The van der Waals surface area contributed by atoms with E-state index >= 15 is 0 Å². The largest absolute Gasteiger partial charge is 0.478 e. The first-order valence-electron chi connectivity index (χ1n) is 10.2. The summed E-state index contributed by atoms with van der Waals surface area (Å²) in [5, 5.41) is 0. The lowest BCUT2D eigenvalue weighted by Gasteiger charge is -2.07. The molecule has 0 aliphatic carbocycles. The van der Waals surface area contributed by atoms with Gasteiger partial charge in [0.1, 0.15) is 6.61 Å². The minimum absolute atomic E-state index is 0.0102. The van der Waals surface area contributed by atoms with Crippen molar-refractivity contribution in [2.45, 2.75) is 103 Å². The van der Waals surface area contributed by atoms with Gasteiger partial charge in [-0.15, -0.1) is 0 Å². The van der Waals surface area contributed by atoms with Crippen LogP contribution in [0.15, 0.2) is 29.3 Å². The van der Waals surface area contributed by atoms with Crippen molar-refractivity contribution in [2.24, 2.45) is 4.99 Å². The number of rotatable bonds is 14. The molecule has 0 aromatic heterocycles. The Labute approximate surface area is 150 Å². The van der Waals surface area contributed by atoms with Crippen molar-refractivity contribution < 1.29 is 4.74 Å². The molecule has 1 aliphatic rings. The number of unbranched alkanes of at least 4 members (excludes halogenated alkanes) is 9. The van der Waals surface area contributed by atoms with Crippen molar-refractivity contribution in [3.05, 3.63) is 24.3 Å². The summed E-state index contributed by atoms with van der Waals surface area (Å²) in [5.41, 5.74) is 0.0102. The van der Waals surface area contributed by atoms with Crippen molar-refractivity contribution in [1.82, 2.24) is 0 Å². The van der Waals surface area contributed by atoms with Gasteiger partial charge in [0.15, 0.2) is 5.90 Å². The summed E-state index contributed by atoms with van der Waals surface area (Å²) in [6.45, 7) is 7.25. The standard InChI is InChI=1S/C22H39NO/c1-4-5-6-7-8-9-10-11-12-13-14-15-16-17-18-19-21-23-22(2,3)20-24-21/h6-9H,4-5,10-20H2,1-3H3/b7-6+,9-8+. The first-order chi connectivity index (χ1) is 11.6. The Kier molecular flexibility index (Phi) is 11.6. The SMILES string of the molecule is CCC/C=C/C=C/CCCCCCCCCCC1=NC(C)(C)CO1. The number of aliphatic imine (C=N–C) groups is 1. The highest BCUT2D eigenvalue weighted by molar-refractivity contribution is 5.78. The van der Waals surface area contributed by atoms with Crippen LogP contribution in [0, 0.1) is 0 Å². The van der Waals surface area contributed by atoms with Crippen molar-refractivity contribution >= 4 is 5.90 Å². The fourth-order valence-electron chi connectivity index (χ4n) is 2.91. The molecule has 1 rings (SSSR count). The second-order valence-electron chi connectivity index (χ2n) is 7.62. The van der Waals surface area contributed by atoms with Gasteiger partial charge in [-0.2, -0.15) is 0 Å². The van der Waals surface area contributed by atoms with Gasteiger partial charge in [-0.3, -0.25) is 0 Å². The zero-order chi connectivity index (χ0) is 17.5. The van der Waals surface area contributed by atoms with Crippen LogP contribution in [0.25, 0.3) is 0 Å². The summed E-state index contributed by atoms with van der Waals surface area (Å²) < 4.78 is 5.63. The van der Waals surface area contributed by atoms with Crippen LogP contribution < -0.4 is 0 Å². The highest BCUT2D eigenvalue weighted by atomic mass is 16.5. The average Bonchev–Trinajstić information content (AvgIpc) is 2.90. The van der Waals surface area contributed by atoms with Gasteiger partial charge in [-0.05, 0) is 39.5 Å². The minimum Gasteiger partial charge on any atom is -0.478 e. The Bertz CT molecular complexity index is 393. The molecule has 0 bridgehead atoms. The van der Waals surface area contributed by atoms with E-state index in [1.165, 1.54) is 70.6 Å². The molecule has 138 valence electrons. The molecule has 0 saturated heterocycles. The molecule has 0 spiro atoms. The molecule has 0 fully saturated rings.